The van der Waals surface area contributed by atoms with Crippen LogP contribution in [0.2, 0.25) is 0 Å². The third-order valence-electron chi connectivity index (χ3n) is 6.59. The quantitative estimate of drug-likeness (QED) is 0.462. The van der Waals surface area contributed by atoms with Crippen LogP contribution in [0.5, 0.6) is 0 Å². The number of aliphatic hydroxyl groups is 1. The molecule has 0 aliphatic carbocycles. The van der Waals surface area contributed by atoms with Crippen LogP contribution >= 0.6 is 0 Å². The zero-order chi connectivity index (χ0) is 24.0. The lowest BCUT2D eigenvalue weighted by molar-refractivity contribution is -0.131. The highest BCUT2D eigenvalue weighted by molar-refractivity contribution is 5.97. The highest BCUT2D eigenvalue weighted by atomic mass is 16.3. The van der Waals surface area contributed by atoms with E-state index >= 15 is 0 Å². The van der Waals surface area contributed by atoms with Crippen LogP contribution in [0.1, 0.15) is 36.1 Å². The highest BCUT2D eigenvalue weighted by Gasteiger charge is 2.36. The molecule has 5 rings (SSSR count). The number of hydrogen-bond donors (Lipinski definition) is 2. The molecule has 1 fully saturated rings. The van der Waals surface area contributed by atoms with Gasteiger partial charge < -0.3 is 24.9 Å². The summed E-state index contributed by atoms with van der Waals surface area (Å²) in [7, 11) is 0. The first-order valence-electron chi connectivity index (χ1n) is 11.6. The summed E-state index contributed by atoms with van der Waals surface area (Å²) in [6, 6.07) is 14.8. The summed E-state index contributed by atoms with van der Waals surface area (Å²) < 4.78 is 3.99. The number of nitrogens with two attached hydrogens (primary N) is 1. The van der Waals surface area contributed by atoms with E-state index in [4.69, 9.17) is 10.7 Å². The van der Waals surface area contributed by atoms with Gasteiger partial charge in [-0.15, -0.1) is 0 Å². The van der Waals surface area contributed by atoms with Gasteiger partial charge in [-0.25, -0.2) is 4.98 Å². The molecule has 8 nitrogen and oxygen atoms in total. The number of aliphatic hydroxyl groups excluding tert-OH is 1. The molecule has 8 heteroatoms. The Labute approximate surface area is 197 Å². The minimum Gasteiger partial charge on any atom is -0.389 e. The van der Waals surface area contributed by atoms with Crippen molar-refractivity contribution in [1.29, 1.82) is 0 Å². The Bertz CT molecular complexity index is 1390. The SMILES string of the molecule is CC(C)Cc1nc2ccccc2n1CC(=O)N1C[C@@H](O)[C@H](n2ccc3cc(C(N)=O)ccc32)C1. The number of amides is 2. The summed E-state index contributed by atoms with van der Waals surface area (Å²) in [5.41, 5.74) is 8.57. The van der Waals surface area contributed by atoms with Crippen LogP contribution in [0.3, 0.4) is 0 Å². The highest BCUT2D eigenvalue weighted by Crippen LogP contribution is 2.29. The summed E-state index contributed by atoms with van der Waals surface area (Å²) in [6.45, 7) is 5.15. The molecule has 3 N–H and O–H groups in total. The largest absolute Gasteiger partial charge is 0.389 e. The first-order chi connectivity index (χ1) is 16.3. The van der Waals surface area contributed by atoms with Crippen molar-refractivity contribution in [3.05, 3.63) is 66.1 Å². The topological polar surface area (TPSA) is 106 Å². The molecule has 1 saturated heterocycles. The van der Waals surface area contributed by atoms with E-state index in [1.165, 1.54) is 0 Å². The van der Waals surface area contributed by atoms with E-state index in [-0.39, 0.29) is 25.0 Å². The third kappa shape index (κ3) is 3.94. The fraction of sp³-hybridized carbons (Fsp3) is 0.346. The van der Waals surface area contributed by atoms with Crippen molar-refractivity contribution in [3.8, 4) is 0 Å². The number of nitrogens with zero attached hydrogens (tertiary/aromatic N) is 4. The Hall–Kier alpha value is -3.65. The van der Waals surface area contributed by atoms with E-state index in [1.807, 2.05) is 51.7 Å². The molecule has 0 unspecified atom stereocenters. The second-order valence-electron chi connectivity index (χ2n) is 9.50. The Kier molecular flexibility index (Phi) is 5.61. The van der Waals surface area contributed by atoms with E-state index in [0.717, 1.165) is 34.2 Å². The van der Waals surface area contributed by atoms with Gasteiger partial charge in [0.1, 0.15) is 12.4 Å². The van der Waals surface area contributed by atoms with Crippen molar-refractivity contribution in [1.82, 2.24) is 19.0 Å². The van der Waals surface area contributed by atoms with E-state index in [0.29, 0.717) is 18.0 Å². The molecule has 0 bridgehead atoms. The smallest absolute Gasteiger partial charge is 0.248 e. The molecular weight excluding hydrogens is 430 g/mol. The molecular formula is C26H29N5O3. The number of likely N-dealkylation sites (tertiary alicyclic amines) is 1. The molecule has 2 aromatic heterocycles. The minimum atomic E-state index is -0.690. The lowest BCUT2D eigenvalue weighted by Gasteiger charge is -2.19. The molecule has 2 atom stereocenters. The molecule has 1 aliphatic heterocycles. The van der Waals surface area contributed by atoms with Crippen LogP contribution in [-0.2, 0) is 17.8 Å². The number of benzene rings is 2. The van der Waals surface area contributed by atoms with Crippen molar-refractivity contribution < 1.29 is 14.7 Å². The number of carbonyl (C=O) groups is 2. The van der Waals surface area contributed by atoms with E-state index in [1.54, 1.807) is 17.0 Å². The van der Waals surface area contributed by atoms with Gasteiger partial charge in [0.05, 0.1) is 23.2 Å². The number of rotatable bonds is 6. The van der Waals surface area contributed by atoms with Crippen LogP contribution in [0.15, 0.2) is 54.7 Å². The van der Waals surface area contributed by atoms with Crippen molar-refractivity contribution in [2.75, 3.05) is 13.1 Å². The summed E-state index contributed by atoms with van der Waals surface area (Å²) >= 11 is 0. The van der Waals surface area contributed by atoms with Gasteiger partial charge in [-0.05, 0) is 42.3 Å². The maximum atomic E-state index is 13.3. The molecule has 176 valence electrons. The molecule has 3 heterocycles. The van der Waals surface area contributed by atoms with Gasteiger partial charge in [0.2, 0.25) is 11.8 Å². The summed E-state index contributed by atoms with van der Waals surface area (Å²) in [5, 5.41) is 11.7. The van der Waals surface area contributed by atoms with Crippen LogP contribution in [-0.4, -0.2) is 55.1 Å². The maximum absolute atomic E-state index is 13.3. The van der Waals surface area contributed by atoms with Gasteiger partial charge in [-0.1, -0.05) is 26.0 Å². The van der Waals surface area contributed by atoms with Gasteiger partial charge in [0, 0.05) is 42.2 Å². The van der Waals surface area contributed by atoms with Crippen LogP contribution < -0.4 is 5.73 Å². The van der Waals surface area contributed by atoms with Crippen molar-refractivity contribution in [3.63, 3.8) is 0 Å². The average molecular weight is 460 g/mol. The predicted octanol–water partition coefficient (Wildman–Crippen LogP) is 2.73. The molecule has 0 radical (unpaired) electrons. The zero-order valence-electron chi connectivity index (χ0n) is 19.4. The van der Waals surface area contributed by atoms with E-state index in [2.05, 4.69) is 13.8 Å². The average Bonchev–Trinajstić information content (AvgIpc) is 3.48. The Morgan fingerprint density at radius 3 is 2.68 bits per heavy atom. The van der Waals surface area contributed by atoms with Gasteiger partial charge >= 0.3 is 0 Å². The predicted molar refractivity (Wildman–Crippen MR) is 130 cm³/mol. The zero-order valence-corrected chi connectivity index (χ0v) is 19.4. The second-order valence-corrected chi connectivity index (χ2v) is 9.50. The van der Waals surface area contributed by atoms with Gasteiger partial charge in [-0.2, -0.15) is 0 Å². The normalized spacial score (nSPS) is 18.4. The molecule has 0 spiro atoms. The van der Waals surface area contributed by atoms with Gasteiger partial charge in [0.25, 0.3) is 0 Å². The maximum Gasteiger partial charge on any atom is 0.248 e. The molecule has 2 aromatic carbocycles. The lowest BCUT2D eigenvalue weighted by atomic mass is 10.1. The number of imidazole rings is 1. The fourth-order valence-electron chi connectivity index (χ4n) is 4.91. The summed E-state index contributed by atoms with van der Waals surface area (Å²) in [6.07, 6.45) is 1.99. The minimum absolute atomic E-state index is 0.0396. The Balaban J connectivity index is 1.38. The first kappa shape index (κ1) is 22.2. The number of para-hydroxylation sites is 2. The number of fused-ring (bicyclic) bond motifs is 2. The van der Waals surface area contributed by atoms with Crippen LogP contribution in [0.25, 0.3) is 21.9 Å². The van der Waals surface area contributed by atoms with Gasteiger partial charge in [0.15, 0.2) is 0 Å². The van der Waals surface area contributed by atoms with Crippen molar-refractivity contribution >= 4 is 33.8 Å². The van der Waals surface area contributed by atoms with Gasteiger partial charge in [-0.3, -0.25) is 9.59 Å². The number of hydrogen-bond acceptors (Lipinski definition) is 4. The molecule has 2 amide bonds. The van der Waals surface area contributed by atoms with Crippen LogP contribution in [0.4, 0.5) is 0 Å². The molecule has 4 aromatic rings. The number of primary amides is 1. The molecule has 34 heavy (non-hydrogen) atoms. The van der Waals surface area contributed by atoms with E-state index < -0.39 is 12.0 Å². The summed E-state index contributed by atoms with van der Waals surface area (Å²) in [4.78, 5) is 31.3. The molecule has 0 saturated carbocycles. The Morgan fingerprint density at radius 2 is 1.91 bits per heavy atom. The van der Waals surface area contributed by atoms with Crippen LogP contribution in [0, 0.1) is 5.92 Å². The lowest BCUT2D eigenvalue weighted by Crippen LogP contribution is -2.33. The second kappa shape index (κ2) is 8.61. The third-order valence-corrected chi connectivity index (χ3v) is 6.59. The summed E-state index contributed by atoms with van der Waals surface area (Å²) in [5.74, 6) is 0.807. The van der Waals surface area contributed by atoms with E-state index in [9.17, 15) is 14.7 Å². The Morgan fingerprint density at radius 1 is 1.12 bits per heavy atom. The van der Waals surface area contributed by atoms with Crippen molar-refractivity contribution in [2.24, 2.45) is 11.7 Å². The number of β-amino-alcohol motifs (C(OH)–C–C–N with tert-alkyl or cyclic N) is 1. The van der Waals surface area contributed by atoms with Crippen molar-refractivity contribution in [2.45, 2.75) is 39.0 Å². The number of aromatic nitrogens is 3. The monoisotopic (exact) mass is 459 g/mol. The standard InChI is InChI=1S/C26H29N5O3/c1-16(2)11-24-28-19-5-3-4-6-21(19)31(24)15-25(33)29-13-22(23(32)14-29)30-10-9-17-12-18(26(27)34)7-8-20(17)30/h3-10,12,16,22-23,32H,11,13-15H2,1-2H3,(H2,27,34)/t22-,23-/m1/s1. The fourth-order valence-corrected chi connectivity index (χ4v) is 4.91. The first-order valence-corrected chi connectivity index (χ1v) is 11.6. The molecule has 1 aliphatic rings. The number of carbonyl (C=O) groups excluding carboxylic acids is 2.